The van der Waals surface area contributed by atoms with Crippen LogP contribution in [0.1, 0.15) is 23.2 Å². The second-order valence-corrected chi connectivity index (χ2v) is 5.33. The van der Waals surface area contributed by atoms with Gasteiger partial charge in [-0.15, -0.1) is 11.3 Å². The first-order chi connectivity index (χ1) is 9.97. The molecule has 0 bridgehead atoms. The van der Waals surface area contributed by atoms with Crippen molar-refractivity contribution in [1.82, 2.24) is 10.4 Å². The number of thiazole rings is 1. The lowest BCUT2D eigenvalue weighted by Gasteiger charge is -2.04. The third-order valence-corrected chi connectivity index (χ3v) is 3.62. The SMILES string of the molecule is C/C(=N/NC(=O)Cc1nc(C)cs1)c1c(F)cccc1F. The van der Waals surface area contributed by atoms with Crippen molar-refractivity contribution in [2.45, 2.75) is 20.3 Å². The minimum atomic E-state index is -0.721. The van der Waals surface area contributed by atoms with E-state index in [0.29, 0.717) is 5.01 Å². The number of rotatable bonds is 4. The number of aromatic nitrogens is 1. The van der Waals surface area contributed by atoms with Crippen molar-refractivity contribution in [1.29, 1.82) is 0 Å². The predicted molar refractivity (Wildman–Crippen MR) is 77.3 cm³/mol. The highest BCUT2D eigenvalue weighted by molar-refractivity contribution is 7.09. The van der Waals surface area contributed by atoms with Crippen molar-refractivity contribution in [3.63, 3.8) is 0 Å². The van der Waals surface area contributed by atoms with Gasteiger partial charge in [0.2, 0.25) is 5.91 Å². The molecule has 0 aliphatic rings. The lowest BCUT2D eigenvalue weighted by atomic mass is 10.1. The number of amides is 1. The van der Waals surface area contributed by atoms with Gasteiger partial charge in [0.1, 0.15) is 16.6 Å². The van der Waals surface area contributed by atoms with Crippen LogP contribution in [0.5, 0.6) is 0 Å². The molecule has 1 aromatic carbocycles. The van der Waals surface area contributed by atoms with Gasteiger partial charge in [0, 0.05) is 11.1 Å². The molecule has 21 heavy (non-hydrogen) atoms. The number of benzene rings is 1. The topological polar surface area (TPSA) is 54.4 Å². The Morgan fingerprint density at radius 3 is 2.62 bits per heavy atom. The molecule has 1 amide bonds. The van der Waals surface area contributed by atoms with Crippen LogP contribution >= 0.6 is 11.3 Å². The highest BCUT2D eigenvalue weighted by Gasteiger charge is 2.12. The first kappa shape index (κ1) is 15.2. The fraction of sp³-hybridized carbons (Fsp3) is 0.214. The molecule has 1 heterocycles. The van der Waals surface area contributed by atoms with E-state index in [0.717, 1.165) is 17.8 Å². The van der Waals surface area contributed by atoms with Crippen molar-refractivity contribution in [3.8, 4) is 0 Å². The quantitative estimate of drug-likeness (QED) is 0.697. The van der Waals surface area contributed by atoms with E-state index in [1.807, 2.05) is 12.3 Å². The number of aryl methyl sites for hydroxylation is 1. The van der Waals surface area contributed by atoms with Gasteiger partial charge >= 0.3 is 0 Å². The van der Waals surface area contributed by atoms with Gasteiger partial charge in [0.15, 0.2) is 0 Å². The molecule has 0 saturated carbocycles. The standard InChI is InChI=1S/C14H13F2N3OS/c1-8-7-21-13(17-8)6-12(20)19-18-9(2)14-10(15)4-3-5-11(14)16/h3-5,7H,6H2,1-2H3,(H,19,20)/b18-9-. The van der Waals surface area contributed by atoms with E-state index < -0.39 is 11.6 Å². The third kappa shape index (κ3) is 3.91. The van der Waals surface area contributed by atoms with E-state index in [9.17, 15) is 13.6 Å². The smallest absolute Gasteiger partial charge is 0.246 e. The van der Waals surface area contributed by atoms with Gasteiger partial charge in [0.25, 0.3) is 0 Å². The molecule has 7 heteroatoms. The van der Waals surface area contributed by atoms with Crippen LogP contribution in [0.25, 0.3) is 0 Å². The number of hydrazone groups is 1. The summed E-state index contributed by atoms with van der Waals surface area (Å²) in [6.07, 6.45) is 0.0784. The monoisotopic (exact) mass is 309 g/mol. The lowest BCUT2D eigenvalue weighted by molar-refractivity contribution is -0.120. The van der Waals surface area contributed by atoms with Crippen molar-refractivity contribution < 1.29 is 13.6 Å². The summed E-state index contributed by atoms with van der Waals surface area (Å²) in [5.41, 5.74) is 2.94. The Morgan fingerprint density at radius 2 is 2.05 bits per heavy atom. The Kier molecular flexibility index (Phi) is 4.74. The largest absolute Gasteiger partial charge is 0.273 e. The number of carbonyl (C=O) groups is 1. The van der Waals surface area contributed by atoms with Gasteiger partial charge in [-0.3, -0.25) is 4.79 Å². The van der Waals surface area contributed by atoms with E-state index in [-0.39, 0.29) is 23.6 Å². The van der Waals surface area contributed by atoms with Crippen LogP contribution < -0.4 is 5.43 Å². The third-order valence-electron chi connectivity index (χ3n) is 2.65. The summed E-state index contributed by atoms with van der Waals surface area (Å²) in [4.78, 5) is 15.8. The average molecular weight is 309 g/mol. The van der Waals surface area contributed by atoms with Crippen LogP contribution in [0.15, 0.2) is 28.7 Å². The second-order valence-electron chi connectivity index (χ2n) is 4.39. The molecule has 1 aromatic heterocycles. The van der Waals surface area contributed by atoms with Crippen molar-refractivity contribution in [3.05, 3.63) is 51.5 Å². The zero-order chi connectivity index (χ0) is 15.4. The summed E-state index contributed by atoms with van der Waals surface area (Å²) in [5, 5.41) is 6.23. The Bertz CT molecular complexity index is 677. The number of nitrogens with zero attached hydrogens (tertiary/aromatic N) is 2. The van der Waals surface area contributed by atoms with Crippen molar-refractivity contribution >= 4 is 23.0 Å². The molecular formula is C14H13F2N3OS. The van der Waals surface area contributed by atoms with Crippen LogP contribution in [0.2, 0.25) is 0 Å². The summed E-state index contributed by atoms with van der Waals surface area (Å²) < 4.78 is 27.1. The maximum atomic E-state index is 13.5. The Morgan fingerprint density at radius 1 is 1.38 bits per heavy atom. The molecule has 2 aromatic rings. The summed E-state index contributed by atoms with van der Waals surface area (Å²) >= 11 is 1.37. The van der Waals surface area contributed by atoms with E-state index in [2.05, 4.69) is 15.5 Å². The molecule has 2 rings (SSSR count). The summed E-state index contributed by atoms with van der Waals surface area (Å²) in [6, 6.07) is 3.54. The van der Waals surface area contributed by atoms with Crippen LogP contribution in [0.3, 0.4) is 0 Å². The first-order valence-electron chi connectivity index (χ1n) is 6.16. The highest BCUT2D eigenvalue weighted by atomic mass is 32.1. The number of halogens is 2. The van der Waals surface area contributed by atoms with Crippen molar-refractivity contribution in [2.75, 3.05) is 0 Å². The van der Waals surface area contributed by atoms with Gasteiger partial charge in [-0.1, -0.05) is 6.07 Å². The van der Waals surface area contributed by atoms with Crippen molar-refractivity contribution in [2.24, 2.45) is 5.10 Å². The van der Waals surface area contributed by atoms with Gasteiger partial charge in [-0.05, 0) is 26.0 Å². The number of nitrogens with one attached hydrogen (secondary N) is 1. The highest BCUT2D eigenvalue weighted by Crippen LogP contribution is 2.13. The molecule has 0 atom stereocenters. The minimum Gasteiger partial charge on any atom is -0.273 e. The number of hydrogen-bond donors (Lipinski definition) is 1. The van der Waals surface area contributed by atoms with Crippen LogP contribution in [0, 0.1) is 18.6 Å². The molecule has 4 nitrogen and oxygen atoms in total. The summed E-state index contributed by atoms with van der Waals surface area (Å²) in [5.74, 6) is -1.83. The van der Waals surface area contributed by atoms with E-state index >= 15 is 0 Å². The summed E-state index contributed by atoms with van der Waals surface area (Å²) in [6.45, 7) is 3.26. The molecule has 0 unspecified atom stereocenters. The van der Waals surface area contributed by atoms with Crippen LogP contribution in [0.4, 0.5) is 8.78 Å². The predicted octanol–water partition coefficient (Wildman–Crippen LogP) is 2.81. The molecule has 0 spiro atoms. The van der Waals surface area contributed by atoms with E-state index in [1.54, 1.807) is 0 Å². The molecular weight excluding hydrogens is 296 g/mol. The van der Waals surface area contributed by atoms with Crippen LogP contribution in [-0.4, -0.2) is 16.6 Å². The zero-order valence-corrected chi connectivity index (χ0v) is 12.3. The van der Waals surface area contributed by atoms with E-state index in [1.165, 1.54) is 24.3 Å². The molecule has 0 aliphatic carbocycles. The van der Waals surface area contributed by atoms with Gasteiger partial charge < -0.3 is 0 Å². The average Bonchev–Trinajstić information content (AvgIpc) is 2.81. The fourth-order valence-corrected chi connectivity index (χ4v) is 2.48. The molecule has 1 N–H and O–H groups in total. The van der Waals surface area contributed by atoms with E-state index in [4.69, 9.17) is 0 Å². The minimum absolute atomic E-state index is 0.0641. The van der Waals surface area contributed by atoms with Gasteiger partial charge in [0.05, 0.1) is 17.7 Å². The molecule has 0 radical (unpaired) electrons. The normalized spacial score (nSPS) is 11.5. The maximum Gasteiger partial charge on any atom is 0.246 e. The second kappa shape index (κ2) is 6.53. The Labute approximate surface area is 124 Å². The Balaban J connectivity index is 2.05. The summed E-state index contributed by atoms with van der Waals surface area (Å²) in [7, 11) is 0. The molecule has 0 fully saturated rings. The van der Waals surface area contributed by atoms with Gasteiger partial charge in [-0.25, -0.2) is 19.2 Å². The first-order valence-corrected chi connectivity index (χ1v) is 7.04. The zero-order valence-electron chi connectivity index (χ0n) is 11.5. The van der Waals surface area contributed by atoms with Gasteiger partial charge in [-0.2, -0.15) is 5.10 Å². The number of carbonyl (C=O) groups excluding carboxylic acids is 1. The Hall–Kier alpha value is -2.15. The molecule has 110 valence electrons. The molecule has 0 aliphatic heterocycles. The van der Waals surface area contributed by atoms with Crippen LogP contribution in [-0.2, 0) is 11.2 Å². The number of hydrogen-bond acceptors (Lipinski definition) is 4. The fourth-order valence-electron chi connectivity index (χ4n) is 1.71. The maximum absolute atomic E-state index is 13.5. The lowest BCUT2D eigenvalue weighted by Crippen LogP contribution is -2.21. The molecule has 0 saturated heterocycles.